The fraction of sp³-hybridized carbons (Fsp3) is 0.636. The molecule has 0 heterocycles. The van der Waals surface area contributed by atoms with E-state index in [4.69, 9.17) is 9.47 Å². The first-order chi connectivity index (χ1) is 7.70. The second-order valence-electron chi connectivity index (χ2n) is 2.94. The lowest BCUT2D eigenvalue weighted by Gasteiger charge is -2.05. The molecule has 0 aromatic carbocycles. The molecular weight excluding hydrogens is 212 g/mol. The highest BCUT2D eigenvalue weighted by Gasteiger charge is 2.05. The summed E-state index contributed by atoms with van der Waals surface area (Å²) in [7, 11) is 0. The first-order valence-electron chi connectivity index (χ1n) is 5.23. The lowest BCUT2D eigenvalue weighted by atomic mass is 10.5. The number of allylic oxidation sites excluding steroid dienone is 1. The lowest BCUT2D eigenvalue weighted by Crippen LogP contribution is -2.17. The Labute approximate surface area is 95.4 Å². The van der Waals surface area contributed by atoms with Gasteiger partial charge in [-0.05, 0) is 13.3 Å². The van der Waals surface area contributed by atoms with E-state index in [2.05, 4.69) is 4.74 Å². The van der Waals surface area contributed by atoms with Gasteiger partial charge in [0.25, 0.3) is 0 Å². The van der Waals surface area contributed by atoms with Crippen molar-refractivity contribution in [2.75, 3.05) is 26.4 Å². The molecule has 0 aromatic rings. The summed E-state index contributed by atoms with van der Waals surface area (Å²) in [6.45, 7) is 4.50. The maximum absolute atomic E-state index is 11.0. The van der Waals surface area contributed by atoms with Crippen molar-refractivity contribution in [2.24, 2.45) is 0 Å². The Balaban J connectivity index is 3.41. The van der Waals surface area contributed by atoms with Gasteiger partial charge in [0.05, 0.1) is 6.61 Å². The van der Waals surface area contributed by atoms with Crippen molar-refractivity contribution in [3.05, 3.63) is 12.2 Å². The third-order valence-electron chi connectivity index (χ3n) is 1.47. The van der Waals surface area contributed by atoms with Gasteiger partial charge in [0.15, 0.2) is 6.61 Å². The number of hydrogen-bond acceptors (Lipinski definition) is 5. The summed E-state index contributed by atoms with van der Waals surface area (Å²) in [4.78, 5) is 21.8. The molecule has 5 nitrogen and oxygen atoms in total. The average Bonchev–Trinajstić information content (AvgIpc) is 2.26. The Hall–Kier alpha value is -1.36. The van der Waals surface area contributed by atoms with Crippen LogP contribution in [0.2, 0.25) is 0 Å². The standard InChI is InChI=1S/C11H18O5/c1-3-5-10(12)16-9-11(13)15-8-7-14-6-4-2/h3,5H,4,6-9H2,1-2H3/b5-3-. The fourth-order valence-corrected chi connectivity index (χ4v) is 0.817. The molecule has 0 saturated heterocycles. The average molecular weight is 230 g/mol. The van der Waals surface area contributed by atoms with Crippen LogP contribution >= 0.6 is 0 Å². The highest BCUT2D eigenvalue weighted by Crippen LogP contribution is 1.87. The van der Waals surface area contributed by atoms with Crippen molar-refractivity contribution >= 4 is 11.9 Å². The zero-order valence-electron chi connectivity index (χ0n) is 9.73. The normalized spacial score (nSPS) is 10.4. The Kier molecular flexibility index (Phi) is 9.30. The number of rotatable bonds is 8. The Morgan fingerprint density at radius 2 is 1.88 bits per heavy atom. The molecule has 0 unspecified atom stereocenters. The highest BCUT2D eigenvalue weighted by atomic mass is 16.6. The van der Waals surface area contributed by atoms with Gasteiger partial charge < -0.3 is 14.2 Å². The van der Waals surface area contributed by atoms with E-state index in [0.29, 0.717) is 13.2 Å². The van der Waals surface area contributed by atoms with Gasteiger partial charge >= 0.3 is 11.9 Å². The summed E-state index contributed by atoms with van der Waals surface area (Å²) in [5, 5.41) is 0. The molecule has 0 aliphatic rings. The van der Waals surface area contributed by atoms with Crippen LogP contribution in [0.3, 0.4) is 0 Å². The van der Waals surface area contributed by atoms with Crippen molar-refractivity contribution in [1.82, 2.24) is 0 Å². The largest absolute Gasteiger partial charge is 0.461 e. The third-order valence-corrected chi connectivity index (χ3v) is 1.47. The van der Waals surface area contributed by atoms with Gasteiger partial charge in [-0.3, -0.25) is 0 Å². The number of esters is 2. The minimum atomic E-state index is -0.571. The summed E-state index contributed by atoms with van der Waals surface area (Å²) < 4.78 is 14.4. The van der Waals surface area contributed by atoms with E-state index >= 15 is 0 Å². The molecule has 0 aromatic heterocycles. The number of hydrogen-bond donors (Lipinski definition) is 0. The molecule has 0 spiro atoms. The topological polar surface area (TPSA) is 61.8 Å². The number of ether oxygens (including phenoxy) is 3. The quantitative estimate of drug-likeness (QED) is 0.354. The lowest BCUT2D eigenvalue weighted by molar-refractivity contribution is -0.157. The molecule has 0 bridgehead atoms. The van der Waals surface area contributed by atoms with Crippen LogP contribution < -0.4 is 0 Å². The van der Waals surface area contributed by atoms with Crippen LogP contribution in [0.4, 0.5) is 0 Å². The summed E-state index contributed by atoms with van der Waals surface area (Å²) >= 11 is 0. The number of carbonyl (C=O) groups is 2. The first-order valence-corrected chi connectivity index (χ1v) is 5.23. The molecule has 92 valence electrons. The van der Waals surface area contributed by atoms with Crippen LogP contribution in [-0.4, -0.2) is 38.4 Å². The summed E-state index contributed by atoms with van der Waals surface area (Å²) in [6.07, 6.45) is 3.69. The summed E-state index contributed by atoms with van der Waals surface area (Å²) in [5.74, 6) is -1.13. The predicted molar refractivity (Wildman–Crippen MR) is 57.8 cm³/mol. The Morgan fingerprint density at radius 3 is 2.50 bits per heavy atom. The molecule has 0 fully saturated rings. The molecule has 0 rings (SSSR count). The van der Waals surface area contributed by atoms with Crippen LogP contribution in [0.15, 0.2) is 12.2 Å². The molecule has 16 heavy (non-hydrogen) atoms. The molecule has 0 saturated carbocycles. The maximum atomic E-state index is 11.0. The zero-order chi connectivity index (χ0) is 12.2. The third kappa shape index (κ3) is 9.21. The molecule has 0 aliphatic heterocycles. The first kappa shape index (κ1) is 14.6. The minimum absolute atomic E-state index is 0.181. The molecule has 0 N–H and O–H groups in total. The van der Waals surface area contributed by atoms with E-state index in [-0.39, 0.29) is 13.2 Å². The van der Waals surface area contributed by atoms with Crippen LogP contribution in [0.5, 0.6) is 0 Å². The van der Waals surface area contributed by atoms with Crippen LogP contribution in [0.1, 0.15) is 20.3 Å². The minimum Gasteiger partial charge on any atom is -0.461 e. The molecule has 0 atom stereocenters. The summed E-state index contributed by atoms with van der Waals surface area (Å²) in [5.41, 5.74) is 0. The smallest absolute Gasteiger partial charge is 0.344 e. The second-order valence-corrected chi connectivity index (χ2v) is 2.94. The van der Waals surface area contributed by atoms with E-state index in [0.717, 1.165) is 6.42 Å². The van der Waals surface area contributed by atoms with Crippen molar-refractivity contribution in [2.45, 2.75) is 20.3 Å². The predicted octanol–water partition coefficient (Wildman–Crippen LogP) is 1.08. The van der Waals surface area contributed by atoms with E-state index in [1.807, 2.05) is 6.92 Å². The molecular formula is C11H18O5. The highest BCUT2D eigenvalue weighted by molar-refractivity contribution is 5.84. The Bertz CT molecular complexity index is 235. The van der Waals surface area contributed by atoms with Crippen molar-refractivity contribution < 1.29 is 23.8 Å². The zero-order valence-corrected chi connectivity index (χ0v) is 9.73. The van der Waals surface area contributed by atoms with Crippen molar-refractivity contribution in [3.63, 3.8) is 0 Å². The van der Waals surface area contributed by atoms with Crippen LogP contribution in [0, 0.1) is 0 Å². The van der Waals surface area contributed by atoms with Gasteiger partial charge in [-0.2, -0.15) is 0 Å². The second kappa shape index (κ2) is 10.2. The molecule has 0 amide bonds. The van der Waals surface area contributed by atoms with E-state index in [9.17, 15) is 9.59 Å². The van der Waals surface area contributed by atoms with Gasteiger partial charge in [-0.25, -0.2) is 9.59 Å². The summed E-state index contributed by atoms with van der Waals surface area (Å²) in [6, 6.07) is 0. The van der Waals surface area contributed by atoms with Crippen molar-refractivity contribution in [1.29, 1.82) is 0 Å². The van der Waals surface area contributed by atoms with Gasteiger partial charge in [-0.15, -0.1) is 0 Å². The molecule has 0 radical (unpaired) electrons. The van der Waals surface area contributed by atoms with E-state index < -0.39 is 11.9 Å². The monoisotopic (exact) mass is 230 g/mol. The van der Waals surface area contributed by atoms with Crippen LogP contribution in [0.25, 0.3) is 0 Å². The van der Waals surface area contributed by atoms with E-state index in [1.165, 1.54) is 12.2 Å². The van der Waals surface area contributed by atoms with Gasteiger partial charge in [0, 0.05) is 12.7 Å². The SMILES string of the molecule is C/C=C\C(=O)OCC(=O)OCCOCCC. The number of carbonyl (C=O) groups excluding carboxylic acids is 2. The van der Waals surface area contributed by atoms with E-state index in [1.54, 1.807) is 6.92 Å². The van der Waals surface area contributed by atoms with Crippen molar-refractivity contribution in [3.8, 4) is 0 Å². The van der Waals surface area contributed by atoms with Crippen LogP contribution in [-0.2, 0) is 23.8 Å². The van der Waals surface area contributed by atoms with Gasteiger partial charge in [0.1, 0.15) is 6.61 Å². The maximum Gasteiger partial charge on any atom is 0.344 e. The van der Waals surface area contributed by atoms with Gasteiger partial charge in [-0.1, -0.05) is 13.0 Å². The molecule has 0 aliphatic carbocycles. The fourth-order valence-electron chi connectivity index (χ4n) is 0.817. The van der Waals surface area contributed by atoms with Gasteiger partial charge in [0.2, 0.25) is 0 Å². The molecule has 5 heteroatoms. The Morgan fingerprint density at radius 1 is 1.12 bits per heavy atom.